The van der Waals surface area contributed by atoms with Crippen LogP contribution in [0.5, 0.6) is 5.75 Å². The first kappa shape index (κ1) is 16.5. The lowest BCUT2D eigenvalue weighted by Crippen LogP contribution is -2.24. The Labute approximate surface area is 129 Å². The van der Waals surface area contributed by atoms with Crippen molar-refractivity contribution >= 4 is 11.6 Å². The fourth-order valence-corrected chi connectivity index (χ4v) is 1.69. The number of halogens is 3. The van der Waals surface area contributed by atoms with E-state index in [0.29, 0.717) is 5.69 Å². The van der Waals surface area contributed by atoms with Crippen LogP contribution in [0.1, 0.15) is 16.1 Å². The summed E-state index contributed by atoms with van der Waals surface area (Å²) in [6, 6.07) is 4.08. The van der Waals surface area contributed by atoms with Crippen LogP contribution in [0.3, 0.4) is 0 Å². The number of rotatable bonds is 5. The number of hydrogen-bond donors (Lipinski definition) is 2. The Bertz CT molecular complexity index is 692. The van der Waals surface area contributed by atoms with Crippen LogP contribution in [0.4, 0.5) is 18.9 Å². The normalized spacial score (nSPS) is 11.1. The predicted octanol–water partition coefficient (Wildman–Crippen LogP) is 1.93. The molecule has 0 aromatic carbocycles. The molecule has 0 saturated heterocycles. The summed E-state index contributed by atoms with van der Waals surface area (Å²) in [6.45, 7) is -1.37. The van der Waals surface area contributed by atoms with E-state index < -0.39 is 18.7 Å². The molecule has 3 N–H and O–H groups in total. The second-order valence-electron chi connectivity index (χ2n) is 4.53. The van der Waals surface area contributed by atoms with Crippen LogP contribution in [-0.4, -0.2) is 28.7 Å². The van der Waals surface area contributed by atoms with Crippen molar-refractivity contribution in [2.45, 2.75) is 12.7 Å². The molecule has 0 spiro atoms. The number of alkyl halides is 3. The fraction of sp³-hybridized carbons (Fsp3) is 0.214. The zero-order valence-corrected chi connectivity index (χ0v) is 11.8. The molecule has 122 valence electrons. The molecule has 9 heteroatoms. The third kappa shape index (κ3) is 5.13. The van der Waals surface area contributed by atoms with Gasteiger partial charge in [-0.15, -0.1) is 0 Å². The summed E-state index contributed by atoms with van der Waals surface area (Å²) in [6.07, 6.45) is -0.349. The van der Waals surface area contributed by atoms with Crippen LogP contribution in [0.2, 0.25) is 0 Å². The van der Waals surface area contributed by atoms with Crippen LogP contribution < -0.4 is 15.8 Å². The van der Waals surface area contributed by atoms with Crippen molar-refractivity contribution in [3.05, 3.63) is 48.0 Å². The molecule has 0 aliphatic rings. The Balaban J connectivity index is 1.96. The van der Waals surface area contributed by atoms with Crippen LogP contribution >= 0.6 is 0 Å². The zero-order valence-electron chi connectivity index (χ0n) is 11.8. The highest BCUT2D eigenvalue weighted by molar-refractivity contribution is 5.98. The highest BCUT2D eigenvalue weighted by atomic mass is 19.4. The standard InChI is InChI=1S/C14H13F3N4O2/c15-14(16,17)8-23-10-1-4-20-9(5-10)6-21-13(22)11-2-3-19-7-12(11)18/h1-5,7H,6,8,18H2,(H,21,22). The minimum atomic E-state index is -4.42. The summed E-state index contributed by atoms with van der Waals surface area (Å²) in [7, 11) is 0. The zero-order chi connectivity index (χ0) is 16.9. The number of nitrogens with zero attached hydrogens (tertiary/aromatic N) is 2. The van der Waals surface area contributed by atoms with E-state index in [0.717, 1.165) is 0 Å². The van der Waals surface area contributed by atoms with Gasteiger partial charge in [0.1, 0.15) is 5.75 Å². The number of amides is 1. The molecule has 0 aliphatic carbocycles. The van der Waals surface area contributed by atoms with E-state index in [1.165, 1.54) is 36.8 Å². The Morgan fingerprint density at radius 3 is 2.78 bits per heavy atom. The number of ether oxygens (including phenoxy) is 1. The van der Waals surface area contributed by atoms with Gasteiger partial charge in [-0.05, 0) is 12.1 Å². The lowest BCUT2D eigenvalue weighted by atomic mass is 10.2. The van der Waals surface area contributed by atoms with Gasteiger partial charge in [-0.1, -0.05) is 0 Å². The van der Waals surface area contributed by atoms with E-state index in [4.69, 9.17) is 5.73 Å². The summed E-state index contributed by atoms with van der Waals surface area (Å²) in [4.78, 5) is 19.7. The third-order valence-electron chi connectivity index (χ3n) is 2.72. The van der Waals surface area contributed by atoms with Crippen molar-refractivity contribution in [1.29, 1.82) is 0 Å². The van der Waals surface area contributed by atoms with Crippen molar-refractivity contribution in [2.75, 3.05) is 12.3 Å². The van der Waals surface area contributed by atoms with Gasteiger partial charge in [-0.3, -0.25) is 14.8 Å². The maximum absolute atomic E-state index is 12.1. The SMILES string of the molecule is Nc1cnccc1C(=O)NCc1cc(OCC(F)(F)F)ccn1. The number of nitrogens with one attached hydrogen (secondary N) is 1. The molecule has 0 saturated carbocycles. The number of pyridine rings is 2. The Hall–Kier alpha value is -2.84. The first-order valence-electron chi connectivity index (χ1n) is 6.47. The molecule has 2 rings (SSSR count). The van der Waals surface area contributed by atoms with Gasteiger partial charge in [0.25, 0.3) is 5.91 Å². The average Bonchev–Trinajstić information content (AvgIpc) is 2.51. The van der Waals surface area contributed by atoms with Crippen LogP contribution in [-0.2, 0) is 6.54 Å². The molecule has 0 radical (unpaired) electrons. The maximum atomic E-state index is 12.1. The van der Waals surface area contributed by atoms with Gasteiger partial charge in [0.05, 0.1) is 29.7 Å². The molecular weight excluding hydrogens is 313 g/mol. The molecule has 1 amide bonds. The molecule has 6 nitrogen and oxygen atoms in total. The molecule has 2 aromatic heterocycles. The minimum absolute atomic E-state index is 0.0177. The van der Waals surface area contributed by atoms with Crippen molar-refractivity contribution in [1.82, 2.24) is 15.3 Å². The highest BCUT2D eigenvalue weighted by Crippen LogP contribution is 2.18. The molecule has 0 aliphatic heterocycles. The van der Waals surface area contributed by atoms with Crippen LogP contribution in [0, 0.1) is 0 Å². The average molecular weight is 326 g/mol. The second kappa shape index (κ2) is 6.95. The molecule has 0 fully saturated rings. The van der Waals surface area contributed by atoms with Crippen LogP contribution in [0.25, 0.3) is 0 Å². The van der Waals surface area contributed by atoms with Gasteiger partial charge in [-0.25, -0.2) is 0 Å². The minimum Gasteiger partial charge on any atom is -0.484 e. The molecule has 23 heavy (non-hydrogen) atoms. The van der Waals surface area contributed by atoms with E-state index in [9.17, 15) is 18.0 Å². The summed E-state index contributed by atoms with van der Waals surface area (Å²) in [5, 5.41) is 2.57. The lowest BCUT2D eigenvalue weighted by molar-refractivity contribution is -0.153. The monoisotopic (exact) mass is 326 g/mol. The number of carbonyl (C=O) groups is 1. The second-order valence-corrected chi connectivity index (χ2v) is 4.53. The Morgan fingerprint density at radius 1 is 1.30 bits per heavy atom. The quantitative estimate of drug-likeness (QED) is 0.876. The van der Waals surface area contributed by atoms with Gasteiger partial charge >= 0.3 is 6.18 Å². The fourth-order valence-electron chi connectivity index (χ4n) is 1.69. The van der Waals surface area contributed by atoms with Gasteiger partial charge in [0, 0.05) is 18.5 Å². The number of nitrogen functional groups attached to an aromatic ring is 1. The summed E-state index contributed by atoms with van der Waals surface area (Å²) in [5.41, 5.74) is 6.46. The smallest absolute Gasteiger partial charge is 0.422 e. The Morgan fingerprint density at radius 2 is 2.09 bits per heavy atom. The van der Waals surface area contributed by atoms with Gasteiger partial charge in [-0.2, -0.15) is 13.2 Å². The van der Waals surface area contributed by atoms with E-state index >= 15 is 0 Å². The van der Waals surface area contributed by atoms with Crippen LogP contribution in [0.15, 0.2) is 36.8 Å². The maximum Gasteiger partial charge on any atom is 0.422 e. The predicted molar refractivity (Wildman–Crippen MR) is 75.6 cm³/mol. The first-order valence-corrected chi connectivity index (χ1v) is 6.47. The molecule has 2 heterocycles. The third-order valence-corrected chi connectivity index (χ3v) is 2.72. The number of nitrogens with two attached hydrogens (primary N) is 1. The molecule has 0 bridgehead atoms. The highest BCUT2D eigenvalue weighted by Gasteiger charge is 2.28. The van der Waals surface area contributed by atoms with Crippen molar-refractivity contribution < 1.29 is 22.7 Å². The topological polar surface area (TPSA) is 90.1 Å². The van der Waals surface area contributed by atoms with E-state index in [1.54, 1.807) is 0 Å². The van der Waals surface area contributed by atoms with Gasteiger partial charge in [0.2, 0.25) is 0 Å². The van der Waals surface area contributed by atoms with Crippen molar-refractivity contribution in [3.63, 3.8) is 0 Å². The molecule has 0 atom stereocenters. The number of aromatic nitrogens is 2. The molecule has 0 unspecified atom stereocenters. The Kier molecular flexibility index (Phi) is 4.99. The van der Waals surface area contributed by atoms with E-state index in [1.807, 2.05) is 0 Å². The largest absolute Gasteiger partial charge is 0.484 e. The number of anilines is 1. The molecule has 2 aromatic rings. The summed E-state index contributed by atoms with van der Waals surface area (Å²) in [5.74, 6) is -0.418. The van der Waals surface area contributed by atoms with E-state index in [2.05, 4.69) is 20.0 Å². The summed E-state index contributed by atoms with van der Waals surface area (Å²) >= 11 is 0. The van der Waals surface area contributed by atoms with Gasteiger partial charge in [0.15, 0.2) is 6.61 Å². The number of carbonyl (C=O) groups excluding carboxylic acids is 1. The van der Waals surface area contributed by atoms with Crippen molar-refractivity contribution in [2.24, 2.45) is 0 Å². The van der Waals surface area contributed by atoms with Crippen molar-refractivity contribution in [3.8, 4) is 5.75 Å². The first-order chi connectivity index (χ1) is 10.8. The number of hydrogen-bond acceptors (Lipinski definition) is 5. The lowest BCUT2D eigenvalue weighted by Gasteiger charge is -2.10. The van der Waals surface area contributed by atoms with Gasteiger partial charge < -0.3 is 15.8 Å². The molecular formula is C14H13F3N4O2. The summed E-state index contributed by atoms with van der Waals surface area (Å²) < 4.78 is 40.9. The van der Waals surface area contributed by atoms with E-state index in [-0.39, 0.29) is 23.5 Å².